The lowest BCUT2D eigenvalue weighted by Crippen LogP contribution is -2.45. The van der Waals surface area contributed by atoms with Crippen molar-refractivity contribution in [3.63, 3.8) is 0 Å². The number of rotatable bonds is 6. The summed E-state index contributed by atoms with van der Waals surface area (Å²) in [6.07, 6.45) is 5.64. The molecule has 5 rings (SSSR count). The Morgan fingerprint density at radius 1 is 0.971 bits per heavy atom. The third-order valence-electron chi connectivity index (χ3n) is 7.38. The minimum absolute atomic E-state index is 0.0809. The lowest BCUT2D eigenvalue weighted by molar-refractivity contribution is 0.0927. The first kappa shape index (κ1) is 22.9. The maximum absolute atomic E-state index is 13.3. The molecule has 1 aromatic heterocycles. The molecule has 0 unspecified atom stereocenters. The number of carbonyl (C=O) groups excluding carboxylic acids is 1. The topological polar surface area (TPSA) is 69.0 Å². The van der Waals surface area contributed by atoms with Gasteiger partial charge in [0.1, 0.15) is 17.1 Å². The Morgan fingerprint density at radius 2 is 1.65 bits per heavy atom. The second-order valence-electron chi connectivity index (χ2n) is 9.82. The van der Waals surface area contributed by atoms with Crippen LogP contribution >= 0.6 is 0 Å². The van der Waals surface area contributed by atoms with Crippen molar-refractivity contribution in [1.29, 1.82) is 0 Å². The van der Waals surface area contributed by atoms with E-state index >= 15 is 0 Å². The fourth-order valence-electron chi connectivity index (χ4n) is 5.48. The van der Waals surface area contributed by atoms with Gasteiger partial charge in [0.15, 0.2) is 0 Å². The van der Waals surface area contributed by atoms with Gasteiger partial charge in [-0.25, -0.2) is 0 Å². The van der Waals surface area contributed by atoms with Gasteiger partial charge in [0, 0.05) is 56.3 Å². The molecule has 2 aromatic carbocycles. The molecule has 2 fully saturated rings. The molecule has 0 spiro atoms. The van der Waals surface area contributed by atoms with Gasteiger partial charge in [0.25, 0.3) is 5.91 Å². The molecule has 1 aliphatic carbocycles. The zero-order chi connectivity index (χ0) is 23.5. The number of benzene rings is 2. The third-order valence-corrected chi connectivity index (χ3v) is 7.38. The highest BCUT2D eigenvalue weighted by Crippen LogP contribution is 2.35. The largest absolute Gasteiger partial charge is 0.508 e. The average molecular weight is 462 g/mol. The van der Waals surface area contributed by atoms with E-state index in [1.165, 1.54) is 24.8 Å². The second-order valence-corrected chi connectivity index (χ2v) is 9.82. The van der Waals surface area contributed by atoms with E-state index in [4.69, 9.17) is 4.42 Å². The summed E-state index contributed by atoms with van der Waals surface area (Å²) in [4.78, 5) is 18.1. The summed E-state index contributed by atoms with van der Waals surface area (Å²) >= 11 is 0. The van der Waals surface area contributed by atoms with Crippen LogP contribution in [0.3, 0.4) is 0 Å². The highest BCUT2D eigenvalue weighted by atomic mass is 16.3. The molecule has 2 N–H and O–H groups in total. The van der Waals surface area contributed by atoms with E-state index < -0.39 is 0 Å². The van der Waals surface area contributed by atoms with E-state index in [-0.39, 0.29) is 17.7 Å². The van der Waals surface area contributed by atoms with Crippen molar-refractivity contribution < 1.29 is 14.3 Å². The molecule has 180 valence electrons. The van der Waals surface area contributed by atoms with Crippen LogP contribution in [-0.4, -0.2) is 53.0 Å². The summed E-state index contributed by atoms with van der Waals surface area (Å²) in [5.41, 5.74) is 3.37. The zero-order valence-corrected chi connectivity index (χ0v) is 20.1. The minimum Gasteiger partial charge on any atom is -0.508 e. The molecule has 3 aromatic rings. The molecule has 1 amide bonds. The molecular formula is C28H35N3O3. The fourth-order valence-corrected chi connectivity index (χ4v) is 5.48. The van der Waals surface area contributed by atoms with Gasteiger partial charge in [0.05, 0.1) is 5.56 Å². The van der Waals surface area contributed by atoms with Crippen LogP contribution in [0.25, 0.3) is 11.0 Å². The summed E-state index contributed by atoms with van der Waals surface area (Å²) in [5.74, 6) is 0.761. The number of carbonyl (C=O) groups is 1. The Balaban J connectivity index is 1.32. The summed E-state index contributed by atoms with van der Waals surface area (Å²) in [5, 5.41) is 14.8. The van der Waals surface area contributed by atoms with Crippen LogP contribution in [0, 0.1) is 6.92 Å². The molecule has 6 heteroatoms. The smallest absolute Gasteiger partial charge is 0.255 e. The predicted octanol–water partition coefficient (Wildman–Crippen LogP) is 4.83. The number of piperazine rings is 1. The van der Waals surface area contributed by atoms with E-state index in [0.29, 0.717) is 23.5 Å². The summed E-state index contributed by atoms with van der Waals surface area (Å²) in [6, 6.07) is 14.3. The van der Waals surface area contributed by atoms with E-state index in [2.05, 4.69) is 45.4 Å². The normalized spacial score (nSPS) is 18.4. The van der Waals surface area contributed by atoms with Gasteiger partial charge in [-0.2, -0.15) is 0 Å². The number of nitrogens with zero attached hydrogens (tertiary/aromatic N) is 2. The number of fused-ring (bicyclic) bond motifs is 1. The first-order valence-corrected chi connectivity index (χ1v) is 12.6. The summed E-state index contributed by atoms with van der Waals surface area (Å²) in [7, 11) is 0. The maximum Gasteiger partial charge on any atom is 0.255 e. The number of aromatic hydroxyl groups is 1. The number of phenols is 1. The molecule has 0 bridgehead atoms. The van der Waals surface area contributed by atoms with Gasteiger partial charge in [-0.1, -0.05) is 49.6 Å². The number of aryl methyl sites for hydroxylation is 1. The fraction of sp³-hybridized carbons (Fsp3) is 0.464. The molecular weight excluding hydrogens is 426 g/mol. The molecule has 34 heavy (non-hydrogen) atoms. The van der Waals surface area contributed by atoms with Crippen molar-refractivity contribution in [3.8, 4) is 5.75 Å². The molecule has 6 nitrogen and oxygen atoms in total. The van der Waals surface area contributed by atoms with Crippen molar-refractivity contribution in [3.05, 3.63) is 64.9 Å². The number of hydrogen-bond donors (Lipinski definition) is 2. The van der Waals surface area contributed by atoms with Gasteiger partial charge < -0.3 is 14.8 Å². The Morgan fingerprint density at radius 3 is 2.35 bits per heavy atom. The summed E-state index contributed by atoms with van der Waals surface area (Å²) < 4.78 is 5.98. The van der Waals surface area contributed by atoms with Crippen LogP contribution in [0.2, 0.25) is 0 Å². The SMILES string of the molecule is Cc1oc2ccc(O)c(CN3CCN(Cc4ccccc4)CC3)c2c1C(=O)NC1CCCCC1. The van der Waals surface area contributed by atoms with Crippen LogP contribution in [0.1, 0.15) is 59.3 Å². The zero-order valence-electron chi connectivity index (χ0n) is 20.1. The molecule has 1 saturated carbocycles. The van der Waals surface area contributed by atoms with Crippen LogP contribution in [-0.2, 0) is 13.1 Å². The monoisotopic (exact) mass is 461 g/mol. The molecule has 0 radical (unpaired) electrons. The lowest BCUT2D eigenvalue weighted by Gasteiger charge is -2.35. The van der Waals surface area contributed by atoms with E-state index in [1.807, 2.05) is 6.92 Å². The second kappa shape index (κ2) is 10.2. The quantitative estimate of drug-likeness (QED) is 0.550. The maximum atomic E-state index is 13.3. The minimum atomic E-state index is -0.0809. The van der Waals surface area contributed by atoms with Gasteiger partial charge >= 0.3 is 0 Å². The standard InChI is InChI=1S/C28H35N3O3/c1-20-26(28(33)29-22-10-6-3-7-11-22)27-23(24(32)12-13-25(27)34-20)19-31-16-14-30(15-17-31)18-21-8-4-2-5-9-21/h2,4-5,8-9,12-13,22,32H,3,6-7,10-11,14-19H2,1H3,(H,29,33). The molecule has 2 aliphatic rings. The summed E-state index contributed by atoms with van der Waals surface area (Å²) in [6.45, 7) is 7.20. The third kappa shape index (κ3) is 4.98. The van der Waals surface area contributed by atoms with Crippen LogP contribution in [0.5, 0.6) is 5.75 Å². The Hall–Kier alpha value is -2.83. The number of amides is 1. The number of furan rings is 1. The van der Waals surface area contributed by atoms with E-state index in [9.17, 15) is 9.90 Å². The molecule has 1 aliphatic heterocycles. The van der Waals surface area contributed by atoms with Crippen LogP contribution in [0.4, 0.5) is 0 Å². The van der Waals surface area contributed by atoms with Gasteiger partial charge in [0.2, 0.25) is 0 Å². The Bertz CT molecular complexity index is 1130. The first-order valence-electron chi connectivity index (χ1n) is 12.6. The molecule has 1 saturated heterocycles. The van der Waals surface area contributed by atoms with Gasteiger partial charge in [-0.3, -0.25) is 14.6 Å². The van der Waals surface area contributed by atoms with Crippen molar-refractivity contribution in [1.82, 2.24) is 15.1 Å². The van der Waals surface area contributed by atoms with E-state index in [1.54, 1.807) is 12.1 Å². The van der Waals surface area contributed by atoms with Gasteiger partial charge in [-0.15, -0.1) is 0 Å². The Labute approximate surface area is 201 Å². The number of nitrogens with one attached hydrogen (secondary N) is 1. The number of phenolic OH excluding ortho intramolecular Hbond substituents is 1. The lowest BCUT2D eigenvalue weighted by atomic mass is 9.95. The van der Waals surface area contributed by atoms with Crippen molar-refractivity contribution in [2.24, 2.45) is 0 Å². The number of hydrogen-bond acceptors (Lipinski definition) is 5. The van der Waals surface area contributed by atoms with Gasteiger partial charge in [-0.05, 0) is 37.5 Å². The average Bonchev–Trinajstić information content (AvgIpc) is 3.19. The molecule has 2 heterocycles. The predicted molar refractivity (Wildman–Crippen MR) is 134 cm³/mol. The Kier molecular flexibility index (Phi) is 6.88. The highest BCUT2D eigenvalue weighted by molar-refractivity contribution is 6.09. The van der Waals surface area contributed by atoms with Crippen LogP contribution in [0.15, 0.2) is 46.9 Å². The van der Waals surface area contributed by atoms with Crippen molar-refractivity contribution in [2.75, 3.05) is 26.2 Å². The van der Waals surface area contributed by atoms with Crippen LogP contribution < -0.4 is 5.32 Å². The highest BCUT2D eigenvalue weighted by Gasteiger charge is 2.27. The van der Waals surface area contributed by atoms with E-state index in [0.717, 1.165) is 56.5 Å². The van der Waals surface area contributed by atoms with Crippen molar-refractivity contribution in [2.45, 2.75) is 58.2 Å². The van der Waals surface area contributed by atoms with Crippen molar-refractivity contribution >= 4 is 16.9 Å². The molecule has 0 atom stereocenters. The first-order chi connectivity index (χ1) is 16.6.